The van der Waals surface area contributed by atoms with Gasteiger partial charge in [-0.2, -0.15) is 0 Å². The molecule has 2 N–H and O–H groups in total. The van der Waals surface area contributed by atoms with Gasteiger partial charge in [0, 0.05) is 32.3 Å². The summed E-state index contributed by atoms with van der Waals surface area (Å²) in [6.07, 6.45) is 4.00. The van der Waals surface area contributed by atoms with Crippen LogP contribution in [0.4, 0.5) is 0 Å². The molecule has 1 saturated carbocycles. The third-order valence-corrected chi connectivity index (χ3v) is 3.79. The Morgan fingerprint density at radius 2 is 2.14 bits per heavy atom. The predicted octanol–water partition coefficient (Wildman–Crippen LogP) is 2.32. The van der Waals surface area contributed by atoms with E-state index in [0.717, 1.165) is 17.3 Å². The zero-order valence-electron chi connectivity index (χ0n) is 13.8. The van der Waals surface area contributed by atoms with Gasteiger partial charge in [-0.3, -0.25) is 4.99 Å². The van der Waals surface area contributed by atoms with E-state index in [1.807, 2.05) is 18.2 Å². The molecule has 0 aliphatic heterocycles. The van der Waals surface area contributed by atoms with Gasteiger partial charge in [0.05, 0.1) is 12.7 Å². The van der Waals surface area contributed by atoms with E-state index < -0.39 is 0 Å². The summed E-state index contributed by atoms with van der Waals surface area (Å²) >= 11 is 0. The lowest BCUT2D eigenvalue weighted by atomic mass is 9.96. The molecule has 0 spiro atoms. The Hall–Kier alpha value is -1.75. The smallest absolute Gasteiger partial charge is 0.191 e. The Balaban J connectivity index is 1.89. The predicted molar refractivity (Wildman–Crippen MR) is 89.4 cm³/mol. The van der Waals surface area contributed by atoms with Gasteiger partial charge in [-0.15, -0.1) is 0 Å². The van der Waals surface area contributed by atoms with Crippen LogP contribution >= 0.6 is 0 Å². The van der Waals surface area contributed by atoms with E-state index in [9.17, 15) is 0 Å². The molecule has 22 heavy (non-hydrogen) atoms. The van der Waals surface area contributed by atoms with Crippen molar-refractivity contribution in [3.8, 4) is 5.75 Å². The number of nitrogens with zero attached hydrogens (tertiary/aromatic N) is 1. The molecule has 0 heterocycles. The van der Waals surface area contributed by atoms with E-state index in [1.165, 1.54) is 19.3 Å². The molecule has 0 saturated heterocycles. The Bertz CT molecular complexity index is 487. The summed E-state index contributed by atoms with van der Waals surface area (Å²) in [5.41, 5.74) is 1.15. The van der Waals surface area contributed by atoms with Crippen molar-refractivity contribution in [3.05, 3.63) is 29.8 Å². The summed E-state index contributed by atoms with van der Waals surface area (Å²) in [5, 5.41) is 6.62. The maximum absolute atomic E-state index is 6.05. The summed E-state index contributed by atoms with van der Waals surface area (Å²) in [7, 11) is 3.47. The highest BCUT2D eigenvalue weighted by Crippen LogP contribution is 2.27. The number of methoxy groups -OCH3 is 1. The maximum atomic E-state index is 6.05. The van der Waals surface area contributed by atoms with E-state index in [4.69, 9.17) is 9.47 Å². The van der Waals surface area contributed by atoms with Gasteiger partial charge in [-0.25, -0.2) is 0 Å². The molecule has 5 heteroatoms. The van der Waals surface area contributed by atoms with Crippen LogP contribution in [-0.4, -0.2) is 38.9 Å². The van der Waals surface area contributed by atoms with Crippen LogP contribution in [0, 0.1) is 0 Å². The topological polar surface area (TPSA) is 54.9 Å². The number of guanidine groups is 1. The third-order valence-electron chi connectivity index (χ3n) is 3.79. The van der Waals surface area contributed by atoms with Crippen LogP contribution in [0.15, 0.2) is 29.3 Å². The second kappa shape index (κ2) is 8.63. The second-order valence-electron chi connectivity index (χ2n) is 5.70. The fourth-order valence-corrected chi connectivity index (χ4v) is 2.33. The zero-order chi connectivity index (χ0) is 15.8. The normalized spacial score (nSPS) is 16.8. The molecule has 1 aromatic rings. The van der Waals surface area contributed by atoms with Crippen LogP contribution in [0.3, 0.4) is 0 Å². The van der Waals surface area contributed by atoms with E-state index in [0.29, 0.717) is 19.3 Å². The SMILES string of the molecule is CN=C(NCc1ccccc1OC1CCC1)NC(C)COC. The molecule has 122 valence electrons. The fourth-order valence-electron chi connectivity index (χ4n) is 2.33. The number of nitrogens with one attached hydrogen (secondary N) is 2. The first kappa shape index (κ1) is 16.6. The molecule has 2 rings (SSSR count). The molecule has 0 bridgehead atoms. The lowest BCUT2D eigenvalue weighted by Crippen LogP contribution is -2.43. The van der Waals surface area contributed by atoms with Crippen LogP contribution in [0.1, 0.15) is 31.7 Å². The monoisotopic (exact) mass is 305 g/mol. The van der Waals surface area contributed by atoms with Crippen molar-refractivity contribution in [1.82, 2.24) is 10.6 Å². The lowest BCUT2D eigenvalue weighted by Gasteiger charge is -2.27. The first-order valence-electron chi connectivity index (χ1n) is 7.93. The Morgan fingerprint density at radius 3 is 2.77 bits per heavy atom. The minimum atomic E-state index is 0.206. The molecule has 1 fully saturated rings. The summed E-state index contributed by atoms with van der Waals surface area (Å²) in [6.45, 7) is 3.38. The van der Waals surface area contributed by atoms with Gasteiger partial charge in [0.15, 0.2) is 5.96 Å². The quantitative estimate of drug-likeness (QED) is 0.599. The first-order chi connectivity index (χ1) is 10.7. The van der Waals surface area contributed by atoms with E-state index in [2.05, 4.69) is 28.6 Å². The van der Waals surface area contributed by atoms with Crippen LogP contribution in [0.2, 0.25) is 0 Å². The summed E-state index contributed by atoms with van der Waals surface area (Å²) in [6, 6.07) is 8.39. The molecule has 1 aromatic carbocycles. The second-order valence-corrected chi connectivity index (χ2v) is 5.70. The van der Waals surface area contributed by atoms with Gasteiger partial charge in [0.2, 0.25) is 0 Å². The first-order valence-corrected chi connectivity index (χ1v) is 7.93. The molecule has 0 amide bonds. The highest BCUT2D eigenvalue weighted by atomic mass is 16.5. The molecular weight excluding hydrogens is 278 g/mol. The van der Waals surface area contributed by atoms with Crippen molar-refractivity contribution in [2.24, 2.45) is 4.99 Å². The van der Waals surface area contributed by atoms with Gasteiger partial charge in [-0.1, -0.05) is 18.2 Å². The van der Waals surface area contributed by atoms with E-state index in [-0.39, 0.29) is 6.04 Å². The van der Waals surface area contributed by atoms with E-state index >= 15 is 0 Å². The molecule has 1 atom stereocenters. The van der Waals surface area contributed by atoms with Crippen molar-refractivity contribution in [2.45, 2.75) is 44.9 Å². The number of rotatable bonds is 7. The van der Waals surface area contributed by atoms with Crippen LogP contribution in [0.25, 0.3) is 0 Å². The molecule has 1 aliphatic carbocycles. The highest BCUT2D eigenvalue weighted by molar-refractivity contribution is 5.80. The Kier molecular flexibility index (Phi) is 6.52. The number of ether oxygens (including phenoxy) is 2. The van der Waals surface area contributed by atoms with Crippen LogP contribution in [-0.2, 0) is 11.3 Å². The van der Waals surface area contributed by atoms with Crippen molar-refractivity contribution in [3.63, 3.8) is 0 Å². The van der Waals surface area contributed by atoms with Crippen molar-refractivity contribution >= 4 is 5.96 Å². The van der Waals surface area contributed by atoms with Gasteiger partial charge in [0.25, 0.3) is 0 Å². The molecule has 5 nitrogen and oxygen atoms in total. The van der Waals surface area contributed by atoms with Crippen molar-refractivity contribution < 1.29 is 9.47 Å². The number of benzene rings is 1. The number of para-hydroxylation sites is 1. The standard InChI is InChI=1S/C17H27N3O2/c1-13(12-21-3)20-17(18-2)19-11-14-7-4-5-10-16(14)22-15-8-6-9-15/h4-5,7,10,13,15H,6,8-9,11-12H2,1-3H3,(H2,18,19,20). The Morgan fingerprint density at radius 1 is 1.36 bits per heavy atom. The highest BCUT2D eigenvalue weighted by Gasteiger charge is 2.20. The zero-order valence-corrected chi connectivity index (χ0v) is 13.8. The van der Waals surface area contributed by atoms with Gasteiger partial charge in [0.1, 0.15) is 5.75 Å². The largest absolute Gasteiger partial charge is 0.490 e. The number of aliphatic imine (C=N–C) groups is 1. The van der Waals surface area contributed by atoms with Gasteiger partial charge >= 0.3 is 0 Å². The molecule has 1 unspecified atom stereocenters. The summed E-state index contributed by atoms with van der Waals surface area (Å²) < 4.78 is 11.2. The van der Waals surface area contributed by atoms with Crippen molar-refractivity contribution in [2.75, 3.05) is 20.8 Å². The fraction of sp³-hybridized carbons (Fsp3) is 0.588. The van der Waals surface area contributed by atoms with Gasteiger partial charge < -0.3 is 20.1 Å². The van der Waals surface area contributed by atoms with Crippen LogP contribution < -0.4 is 15.4 Å². The Labute approximate surface area is 133 Å². The average Bonchev–Trinajstić information content (AvgIpc) is 2.48. The summed E-state index contributed by atoms with van der Waals surface area (Å²) in [4.78, 5) is 4.24. The van der Waals surface area contributed by atoms with Crippen molar-refractivity contribution in [1.29, 1.82) is 0 Å². The minimum Gasteiger partial charge on any atom is -0.490 e. The lowest BCUT2D eigenvalue weighted by molar-refractivity contribution is 0.119. The molecule has 0 aromatic heterocycles. The maximum Gasteiger partial charge on any atom is 0.191 e. The molecular formula is C17H27N3O2. The number of hydrogen-bond acceptors (Lipinski definition) is 3. The van der Waals surface area contributed by atoms with Gasteiger partial charge in [-0.05, 0) is 32.3 Å². The summed E-state index contributed by atoms with van der Waals surface area (Å²) in [5.74, 6) is 1.74. The third kappa shape index (κ3) is 4.91. The molecule has 1 aliphatic rings. The average molecular weight is 305 g/mol. The number of hydrogen-bond donors (Lipinski definition) is 2. The van der Waals surface area contributed by atoms with E-state index in [1.54, 1.807) is 14.2 Å². The van der Waals surface area contributed by atoms with Crippen LogP contribution in [0.5, 0.6) is 5.75 Å². The molecule has 0 radical (unpaired) electrons. The minimum absolute atomic E-state index is 0.206.